The van der Waals surface area contributed by atoms with Crippen LogP contribution in [0.1, 0.15) is 49.7 Å². The Kier molecular flexibility index (Phi) is 6.64. The molecule has 1 unspecified atom stereocenters. The zero-order valence-corrected chi connectivity index (χ0v) is 14.6. The SMILES string of the molecule is Cc1ccc(OCCC(=O)N2CCCCC2CCC(=O)O)c(C)c1. The van der Waals surface area contributed by atoms with Gasteiger partial charge in [-0.15, -0.1) is 0 Å². The van der Waals surface area contributed by atoms with Crippen LogP contribution in [0.15, 0.2) is 18.2 Å². The number of carbonyl (C=O) groups excluding carboxylic acids is 1. The molecule has 0 aliphatic carbocycles. The monoisotopic (exact) mass is 333 g/mol. The summed E-state index contributed by atoms with van der Waals surface area (Å²) in [6.07, 6.45) is 3.95. The van der Waals surface area contributed by atoms with Crippen molar-refractivity contribution in [1.29, 1.82) is 0 Å². The molecule has 0 aromatic heterocycles. The number of carboxylic acid groups (broad SMARTS) is 1. The maximum atomic E-state index is 12.5. The fraction of sp³-hybridized carbons (Fsp3) is 0.579. The molecule has 132 valence electrons. The van der Waals surface area contributed by atoms with E-state index in [2.05, 4.69) is 6.07 Å². The smallest absolute Gasteiger partial charge is 0.303 e. The number of nitrogens with zero attached hydrogens (tertiary/aromatic N) is 1. The molecule has 0 radical (unpaired) electrons. The van der Waals surface area contributed by atoms with Crippen LogP contribution in [-0.4, -0.2) is 41.1 Å². The Balaban J connectivity index is 1.84. The highest BCUT2D eigenvalue weighted by Crippen LogP contribution is 2.22. The van der Waals surface area contributed by atoms with Crippen LogP contribution in [-0.2, 0) is 9.59 Å². The Morgan fingerprint density at radius 3 is 2.75 bits per heavy atom. The fourth-order valence-electron chi connectivity index (χ4n) is 3.27. The maximum Gasteiger partial charge on any atom is 0.303 e. The molecule has 1 aromatic rings. The van der Waals surface area contributed by atoms with Crippen LogP contribution in [0.5, 0.6) is 5.75 Å². The minimum absolute atomic E-state index is 0.0588. The van der Waals surface area contributed by atoms with Gasteiger partial charge in [-0.05, 0) is 51.2 Å². The number of carboxylic acids is 1. The van der Waals surface area contributed by atoms with Crippen molar-refractivity contribution in [2.24, 2.45) is 0 Å². The summed E-state index contributed by atoms with van der Waals surface area (Å²) in [4.78, 5) is 25.1. The van der Waals surface area contributed by atoms with Crippen molar-refractivity contribution in [1.82, 2.24) is 4.90 Å². The molecule has 0 bridgehead atoms. The van der Waals surface area contributed by atoms with Crippen molar-refractivity contribution < 1.29 is 19.4 Å². The first-order chi connectivity index (χ1) is 11.5. The van der Waals surface area contributed by atoms with Crippen molar-refractivity contribution >= 4 is 11.9 Å². The zero-order chi connectivity index (χ0) is 17.5. The standard InChI is InChI=1S/C19H27NO4/c1-14-6-8-17(15(2)13-14)24-12-10-18(21)20-11-4-3-5-16(20)7-9-19(22)23/h6,8,13,16H,3-5,7,9-12H2,1-2H3,(H,22,23). The van der Waals surface area contributed by atoms with E-state index in [1.54, 1.807) is 0 Å². The molecule has 1 aliphatic rings. The number of rotatable bonds is 7. The van der Waals surface area contributed by atoms with Gasteiger partial charge in [0.25, 0.3) is 0 Å². The number of carbonyl (C=O) groups is 2. The first-order valence-electron chi connectivity index (χ1n) is 8.68. The van der Waals surface area contributed by atoms with E-state index in [1.807, 2.05) is 30.9 Å². The van der Waals surface area contributed by atoms with Gasteiger partial charge in [-0.25, -0.2) is 0 Å². The first-order valence-corrected chi connectivity index (χ1v) is 8.68. The molecule has 1 saturated heterocycles. The highest BCUT2D eigenvalue weighted by Gasteiger charge is 2.26. The molecule has 1 amide bonds. The summed E-state index contributed by atoms with van der Waals surface area (Å²) in [6, 6.07) is 6.05. The summed E-state index contributed by atoms with van der Waals surface area (Å²) >= 11 is 0. The Morgan fingerprint density at radius 1 is 1.25 bits per heavy atom. The molecule has 0 saturated carbocycles. The number of aryl methyl sites for hydroxylation is 2. The molecule has 24 heavy (non-hydrogen) atoms. The molecule has 1 aromatic carbocycles. The average Bonchev–Trinajstić information content (AvgIpc) is 2.55. The maximum absolute atomic E-state index is 12.5. The van der Waals surface area contributed by atoms with Gasteiger partial charge in [-0.2, -0.15) is 0 Å². The van der Waals surface area contributed by atoms with Crippen LogP contribution in [0.4, 0.5) is 0 Å². The molecule has 2 rings (SSSR count). The lowest BCUT2D eigenvalue weighted by Crippen LogP contribution is -2.44. The second kappa shape index (κ2) is 8.71. The Labute approximate surface area is 143 Å². The van der Waals surface area contributed by atoms with Crippen molar-refractivity contribution in [3.63, 3.8) is 0 Å². The number of hydrogen-bond donors (Lipinski definition) is 1. The van der Waals surface area contributed by atoms with Crippen molar-refractivity contribution in [2.45, 2.75) is 58.4 Å². The fourth-order valence-corrected chi connectivity index (χ4v) is 3.27. The summed E-state index contributed by atoms with van der Waals surface area (Å²) in [6.45, 7) is 5.11. The predicted molar refractivity (Wildman–Crippen MR) is 92.2 cm³/mol. The van der Waals surface area contributed by atoms with E-state index in [1.165, 1.54) is 5.56 Å². The Hall–Kier alpha value is -2.04. The first kappa shape index (κ1) is 18.3. The summed E-state index contributed by atoms with van der Waals surface area (Å²) in [5.74, 6) is 0.0791. The number of benzene rings is 1. The molecule has 1 atom stereocenters. The molecule has 0 spiro atoms. The molecular weight excluding hydrogens is 306 g/mol. The van der Waals surface area contributed by atoms with Gasteiger partial charge in [0.2, 0.25) is 5.91 Å². The summed E-state index contributed by atoms with van der Waals surface area (Å²) < 4.78 is 5.75. The molecule has 1 N–H and O–H groups in total. The predicted octanol–water partition coefficient (Wildman–Crippen LogP) is 3.32. The second-order valence-electron chi connectivity index (χ2n) is 6.54. The topological polar surface area (TPSA) is 66.8 Å². The number of likely N-dealkylation sites (tertiary alicyclic amines) is 1. The normalized spacial score (nSPS) is 17.6. The highest BCUT2D eigenvalue weighted by atomic mass is 16.5. The number of amides is 1. The lowest BCUT2D eigenvalue weighted by molar-refractivity contribution is -0.140. The number of piperidine rings is 1. The quantitative estimate of drug-likeness (QED) is 0.831. The van der Waals surface area contributed by atoms with E-state index >= 15 is 0 Å². The van der Waals surface area contributed by atoms with E-state index in [0.29, 0.717) is 19.4 Å². The van der Waals surface area contributed by atoms with Gasteiger partial charge in [-0.1, -0.05) is 17.7 Å². The van der Waals surface area contributed by atoms with Gasteiger partial charge in [0.15, 0.2) is 0 Å². The van der Waals surface area contributed by atoms with Crippen LogP contribution in [0, 0.1) is 13.8 Å². The molecular formula is C19H27NO4. The summed E-state index contributed by atoms with van der Waals surface area (Å²) in [7, 11) is 0. The van der Waals surface area contributed by atoms with Crippen molar-refractivity contribution in [2.75, 3.05) is 13.2 Å². The van der Waals surface area contributed by atoms with E-state index in [0.717, 1.165) is 37.1 Å². The van der Waals surface area contributed by atoms with E-state index < -0.39 is 5.97 Å². The van der Waals surface area contributed by atoms with Crippen LogP contribution >= 0.6 is 0 Å². The number of aliphatic carboxylic acids is 1. The Bertz CT molecular complexity index is 585. The van der Waals surface area contributed by atoms with Gasteiger partial charge in [0, 0.05) is 19.0 Å². The van der Waals surface area contributed by atoms with Crippen molar-refractivity contribution in [3.05, 3.63) is 29.3 Å². The van der Waals surface area contributed by atoms with Crippen molar-refractivity contribution in [3.8, 4) is 5.75 Å². The largest absolute Gasteiger partial charge is 0.493 e. The zero-order valence-electron chi connectivity index (χ0n) is 14.6. The van der Waals surface area contributed by atoms with Gasteiger partial charge in [0.05, 0.1) is 13.0 Å². The van der Waals surface area contributed by atoms with Crippen LogP contribution in [0.3, 0.4) is 0 Å². The molecule has 1 heterocycles. The van der Waals surface area contributed by atoms with Gasteiger partial charge >= 0.3 is 5.97 Å². The third-order valence-corrected chi connectivity index (χ3v) is 4.54. The number of ether oxygens (including phenoxy) is 1. The molecule has 1 fully saturated rings. The molecule has 1 aliphatic heterocycles. The third-order valence-electron chi connectivity index (χ3n) is 4.54. The Morgan fingerprint density at radius 2 is 2.04 bits per heavy atom. The second-order valence-corrected chi connectivity index (χ2v) is 6.54. The minimum Gasteiger partial charge on any atom is -0.493 e. The molecule has 5 nitrogen and oxygen atoms in total. The lowest BCUT2D eigenvalue weighted by Gasteiger charge is -2.35. The van der Waals surface area contributed by atoms with Crippen LogP contribution in [0.25, 0.3) is 0 Å². The molecule has 5 heteroatoms. The van der Waals surface area contributed by atoms with Crippen LogP contribution < -0.4 is 4.74 Å². The summed E-state index contributed by atoms with van der Waals surface area (Å²) in [5.41, 5.74) is 2.25. The summed E-state index contributed by atoms with van der Waals surface area (Å²) in [5, 5.41) is 8.86. The van der Waals surface area contributed by atoms with Gasteiger partial charge in [-0.3, -0.25) is 9.59 Å². The van der Waals surface area contributed by atoms with E-state index in [4.69, 9.17) is 9.84 Å². The average molecular weight is 333 g/mol. The van der Waals surface area contributed by atoms with Gasteiger partial charge in [0.1, 0.15) is 5.75 Å². The highest BCUT2D eigenvalue weighted by molar-refractivity contribution is 5.77. The third kappa shape index (κ3) is 5.25. The lowest BCUT2D eigenvalue weighted by atomic mass is 9.97. The van der Waals surface area contributed by atoms with Gasteiger partial charge < -0.3 is 14.7 Å². The van der Waals surface area contributed by atoms with Crippen LogP contribution in [0.2, 0.25) is 0 Å². The van der Waals surface area contributed by atoms with E-state index in [9.17, 15) is 9.59 Å². The minimum atomic E-state index is -0.800. The number of hydrogen-bond acceptors (Lipinski definition) is 3. The van der Waals surface area contributed by atoms with E-state index in [-0.39, 0.29) is 18.4 Å².